The first-order valence-electron chi connectivity index (χ1n) is 3.73. The zero-order valence-corrected chi connectivity index (χ0v) is 7.23. The van der Waals surface area contributed by atoms with Crippen molar-refractivity contribution in [3.63, 3.8) is 0 Å². The van der Waals surface area contributed by atoms with Gasteiger partial charge in [0, 0.05) is 13.5 Å². The highest BCUT2D eigenvalue weighted by Gasteiger charge is 2.23. The number of carbonyl (C=O) groups excluding carboxylic acids is 1. The summed E-state index contributed by atoms with van der Waals surface area (Å²) in [4.78, 5) is 10.6. The Labute approximate surface area is 71.1 Å². The van der Waals surface area contributed by atoms with Gasteiger partial charge >= 0.3 is 0 Å². The van der Waals surface area contributed by atoms with Crippen LogP contribution >= 0.6 is 11.6 Å². The van der Waals surface area contributed by atoms with E-state index in [1.165, 1.54) is 6.92 Å². The molecule has 0 aromatic carbocycles. The predicted octanol–water partition coefficient (Wildman–Crippen LogP) is 0.866. The first-order valence-corrected chi connectivity index (χ1v) is 4.16. The molecule has 0 aromatic rings. The number of amides is 1. The van der Waals surface area contributed by atoms with Crippen LogP contribution in [0.4, 0.5) is 0 Å². The Morgan fingerprint density at radius 2 is 2.45 bits per heavy atom. The zero-order valence-electron chi connectivity index (χ0n) is 6.47. The van der Waals surface area contributed by atoms with Crippen LogP contribution in [0.1, 0.15) is 19.8 Å². The van der Waals surface area contributed by atoms with Crippen molar-refractivity contribution in [2.45, 2.75) is 31.4 Å². The second-order valence-corrected chi connectivity index (χ2v) is 3.21. The van der Waals surface area contributed by atoms with Crippen molar-refractivity contribution in [1.82, 2.24) is 5.32 Å². The maximum absolute atomic E-state index is 10.6. The van der Waals surface area contributed by atoms with E-state index >= 15 is 0 Å². The topological polar surface area (TPSA) is 38.3 Å². The largest absolute Gasteiger partial charge is 0.357 e. The molecule has 3 nitrogen and oxygen atoms in total. The van der Waals surface area contributed by atoms with Crippen molar-refractivity contribution in [3.05, 3.63) is 0 Å². The van der Waals surface area contributed by atoms with Crippen molar-refractivity contribution in [3.8, 4) is 0 Å². The molecule has 0 unspecified atom stereocenters. The lowest BCUT2D eigenvalue weighted by Crippen LogP contribution is -2.44. The van der Waals surface area contributed by atoms with Gasteiger partial charge in [-0.05, 0) is 12.8 Å². The number of carbonyl (C=O) groups is 1. The Bertz CT molecular complexity index is 151. The summed E-state index contributed by atoms with van der Waals surface area (Å²) in [6.45, 7) is 2.15. The summed E-state index contributed by atoms with van der Waals surface area (Å²) in [5.74, 6) is -0.0949. The molecule has 1 rings (SSSR count). The van der Waals surface area contributed by atoms with Crippen LogP contribution in [0.2, 0.25) is 0 Å². The van der Waals surface area contributed by atoms with E-state index in [1.807, 2.05) is 0 Å². The molecule has 0 aliphatic carbocycles. The fraction of sp³-hybridized carbons (Fsp3) is 0.857. The summed E-state index contributed by atoms with van der Waals surface area (Å²) in [5, 5.41) is 2.56. The van der Waals surface area contributed by atoms with Gasteiger partial charge in [0.05, 0.1) is 5.38 Å². The number of alkyl halides is 1. The molecule has 0 radical (unpaired) electrons. The summed E-state index contributed by atoms with van der Waals surface area (Å²) >= 11 is 5.89. The van der Waals surface area contributed by atoms with E-state index in [2.05, 4.69) is 5.32 Å². The van der Waals surface area contributed by atoms with Gasteiger partial charge in [-0.2, -0.15) is 0 Å². The number of hydrogen-bond donors (Lipinski definition) is 1. The number of rotatable bonds is 1. The third-order valence-corrected chi connectivity index (χ3v) is 2.04. The molecule has 1 aliphatic heterocycles. The van der Waals surface area contributed by atoms with Crippen LogP contribution in [-0.2, 0) is 9.53 Å². The lowest BCUT2D eigenvalue weighted by Gasteiger charge is -2.27. The third-order valence-electron chi connectivity index (χ3n) is 1.60. The molecule has 1 heterocycles. The van der Waals surface area contributed by atoms with E-state index < -0.39 is 0 Å². The molecule has 0 saturated carbocycles. The number of nitrogens with one attached hydrogen (secondary N) is 1. The monoisotopic (exact) mass is 177 g/mol. The zero-order chi connectivity index (χ0) is 8.27. The Morgan fingerprint density at radius 3 is 3.00 bits per heavy atom. The van der Waals surface area contributed by atoms with Crippen LogP contribution in [0.3, 0.4) is 0 Å². The van der Waals surface area contributed by atoms with Crippen molar-refractivity contribution >= 4 is 17.5 Å². The average Bonchev–Trinajstić information content (AvgIpc) is 1.93. The fourth-order valence-corrected chi connectivity index (χ4v) is 1.37. The van der Waals surface area contributed by atoms with E-state index in [4.69, 9.17) is 16.3 Å². The molecule has 1 fully saturated rings. The fourth-order valence-electron chi connectivity index (χ4n) is 1.08. The molecule has 1 saturated heterocycles. The normalized spacial score (nSPS) is 31.5. The van der Waals surface area contributed by atoms with E-state index in [9.17, 15) is 4.79 Å². The third kappa shape index (κ3) is 2.67. The second kappa shape index (κ2) is 3.93. The minimum atomic E-state index is -0.289. The van der Waals surface area contributed by atoms with Gasteiger partial charge < -0.3 is 10.1 Å². The van der Waals surface area contributed by atoms with Crippen molar-refractivity contribution in [2.75, 3.05) is 6.61 Å². The van der Waals surface area contributed by atoms with Crippen molar-refractivity contribution in [1.29, 1.82) is 0 Å². The van der Waals surface area contributed by atoms with Crippen LogP contribution < -0.4 is 5.32 Å². The van der Waals surface area contributed by atoms with E-state index in [1.54, 1.807) is 0 Å². The number of ether oxygens (including phenoxy) is 1. The Balaban J connectivity index is 2.35. The van der Waals surface area contributed by atoms with Gasteiger partial charge in [-0.1, -0.05) is 0 Å². The molecular formula is C7H12ClNO2. The van der Waals surface area contributed by atoms with E-state index in [-0.39, 0.29) is 17.5 Å². The van der Waals surface area contributed by atoms with Gasteiger partial charge in [-0.15, -0.1) is 11.6 Å². The summed E-state index contributed by atoms with van der Waals surface area (Å²) < 4.78 is 5.24. The van der Waals surface area contributed by atoms with Gasteiger partial charge in [0.15, 0.2) is 0 Å². The Morgan fingerprint density at radius 1 is 1.73 bits per heavy atom. The van der Waals surface area contributed by atoms with Crippen LogP contribution in [0.5, 0.6) is 0 Å². The van der Waals surface area contributed by atoms with E-state index in [0.29, 0.717) is 6.61 Å². The second-order valence-electron chi connectivity index (χ2n) is 2.65. The van der Waals surface area contributed by atoms with Gasteiger partial charge in [0.1, 0.15) is 6.23 Å². The predicted molar refractivity (Wildman–Crippen MR) is 42.4 cm³/mol. The minimum Gasteiger partial charge on any atom is -0.357 e. The summed E-state index contributed by atoms with van der Waals surface area (Å²) in [5.41, 5.74) is 0. The molecule has 11 heavy (non-hydrogen) atoms. The quantitative estimate of drug-likeness (QED) is 0.604. The molecule has 0 aromatic heterocycles. The molecule has 1 aliphatic rings. The van der Waals surface area contributed by atoms with E-state index in [0.717, 1.165) is 12.8 Å². The molecule has 0 bridgehead atoms. The highest BCUT2D eigenvalue weighted by Crippen LogP contribution is 2.17. The highest BCUT2D eigenvalue weighted by atomic mass is 35.5. The molecule has 2 atom stereocenters. The number of hydrogen-bond acceptors (Lipinski definition) is 2. The van der Waals surface area contributed by atoms with Crippen LogP contribution in [-0.4, -0.2) is 24.1 Å². The highest BCUT2D eigenvalue weighted by molar-refractivity contribution is 6.21. The first-order chi connectivity index (χ1) is 5.20. The lowest BCUT2D eigenvalue weighted by molar-refractivity contribution is -0.124. The molecule has 4 heteroatoms. The summed E-state index contributed by atoms with van der Waals surface area (Å²) in [6, 6.07) is 0. The minimum absolute atomic E-state index is 0.0763. The Kier molecular flexibility index (Phi) is 3.15. The van der Waals surface area contributed by atoms with Crippen molar-refractivity contribution < 1.29 is 9.53 Å². The molecular weight excluding hydrogens is 166 g/mol. The SMILES string of the molecule is CC(=O)N[C@@H]1OCCC[C@@H]1Cl. The van der Waals surface area contributed by atoms with Gasteiger partial charge in [-0.3, -0.25) is 4.79 Å². The summed E-state index contributed by atoms with van der Waals surface area (Å²) in [6.07, 6.45) is 1.60. The molecule has 64 valence electrons. The van der Waals surface area contributed by atoms with Crippen LogP contribution in [0.25, 0.3) is 0 Å². The smallest absolute Gasteiger partial charge is 0.218 e. The number of halogens is 1. The Hall–Kier alpha value is -0.280. The maximum Gasteiger partial charge on any atom is 0.218 e. The lowest BCUT2D eigenvalue weighted by atomic mass is 10.2. The van der Waals surface area contributed by atoms with Gasteiger partial charge in [-0.25, -0.2) is 0 Å². The van der Waals surface area contributed by atoms with Crippen LogP contribution in [0, 0.1) is 0 Å². The van der Waals surface area contributed by atoms with Gasteiger partial charge in [0.2, 0.25) is 5.91 Å². The summed E-state index contributed by atoms with van der Waals surface area (Å²) in [7, 11) is 0. The molecule has 1 amide bonds. The maximum atomic E-state index is 10.6. The molecule has 0 spiro atoms. The standard InChI is InChI=1S/C7H12ClNO2/c1-5(10)9-7-6(8)3-2-4-11-7/h6-7H,2-4H2,1H3,(H,9,10)/t6-,7+/m0/s1. The van der Waals surface area contributed by atoms with Crippen molar-refractivity contribution in [2.24, 2.45) is 0 Å². The van der Waals surface area contributed by atoms with Gasteiger partial charge in [0.25, 0.3) is 0 Å². The van der Waals surface area contributed by atoms with Crippen LogP contribution in [0.15, 0.2) is 0 Å². The average molecular weight is 178 g/mol. The first kappa shape index (κ1) is 8.81. The molecule has 1 N–H and O–H groups in total.